The molecule has 1 fully saturated rings. The van der Waals surface area contributed by atoms with E-state index in [1.807, 2.05) is 30.3 Å². The lowest BCUT2D eigenvalue weighted by molar-refractivity contribution is -0.134. The van der Waals surface area contributed by atoms with Crippen molar-refractivity contribution >= 4 is 11.8 Å². The largest absolute Gasteiger partial charge is 0.294 e. The summed E-state index contributed by atoms with van der Waals surface area (Å²) in [6, 6.07) is 8.91. The van der Waals surface area contributed by atoms with Crippen LogP contribution >= 0.6 is 0 Å². The fourth-order valence-electron chi connectivity index (χ4n) is 1.46. The fourth-order valence-corrected chi connectivity index (χ4v) is 1.46. The zero-order chi connectivity index (χ0) is 9.97. The SMILES string of the molecule is O=C1CNC(c2ccccc2)C(=O)N1. The molecule has 0 saturated carbocycles. The highest BCUT2D eigenvalue weighted by Crippen LogP contribution is 2.13. The van der Waals surface area contributed by atoms with Crippen LogP contribution in [0.4, 0.5) is 0 Å². The van der Waals surface area contributed by atoms with E-state index in [2.05, 4.69) is 10.6 Å². The molecule has 2 N–H and O–H groups in total. The quantitative estimate of drug-likeness (QED) is 0.611. The third-order valence-corrected chi connectivity index (χ3v) is 2.12. The first kappa shape index (κ1) is 8.90. The van der Waals surface area contributed by atoms with Gasteiger partial charge in [0.05, 0.1) is 6.54 Å². The Hall–Kier alpha value is -1.68. The first-order valence-corrected chi connectivity index (χ1v) is 4.39. The zero-order valence-electron chi connectivity index (χ0n) is 7.49. The van der Waals surface area contributed by atoms with E-state index in [4.69, 9.17) is 0 Å². The van der Waals surface area contributed by atoms with Gasteiger partial charge in [0.15, 0.2) is 0 Å². The normalized spacial score (nSPS) is 21.9. The molecule has 1 aliphatic heterocycles. The van der Waals surface area contributed by atoms with E-state index in [0.717, 1.165) is 5.56 Å². The maximum absolute atomic E-state index is 11.4. The zero-order valence-corrected chi connectivity index (χ0v) is 7.49. The molecule has 0 aliphatic carbocycles. The van der Waals surface area contributed by atoms with Crippen LogP contribution in [0.15, 0.2) is 30.3 Å². The third-order valence-electron chi connectivity index (χ3n) is 2.12. The second kappa shape index (κ2) is 3.59. The fraction of sp³-hybridized carbons (Fsp3) is 0.200. The number of imide groups is 1. The highest BCUT2D eigenvalue weighted by atomic mass is 16.2. The summed E-state index contributed by atoms with van der Waals surface area (Å²) in [6.45, 7) is 0.186. The van der Waals surface area contributed by atoms with E-state index in [1.54, 1.807) is 0 Å². The van der Waals surface area contributed by atoms with Gasteiger partial charge in [-0.25, -0.2) is 0 Å². The predicted octanol–water partition coefficient (Wildman–Crippen LogP) is -0.0263. The van der Waals surface area contributed by atoms with Crippen molar-refractivity contribution in [3.8, 4) is 0 Å². The lowest BCUT2D eigenvalue weighted by Crippen LogP contribution is -2.51. The molecule has 1 aliphatic rings. The lowest BCUT2D eigenvalue weighted by atomic mass is 10.1. The molecule has 0 aromatic heterocycles. The minimum Gasteiger partial charge on any atom is -0.294 e. The molecule has 0 bridgehead atoms. The van der Waals surface area contributed by atoms with Gasteiger partial charge in [-0.15, -0.1) is 0 Å². The summed E-state index contributed by atoms with van der Waals surface area (Å²) in [6.07, 6.45) is 0. The van der Waals surface area contributed by atoms with Crippen molar-refractivity contribution in [3.63, 3.8) is 0 Å². The van der Waals surface area contributed by atoms with Crippen molar-refractivity contribution in [3.05, 3.63) is 35.9 Å². The number of benzene rings is 1. The van der Waals surface area contributed by atoms with Gasteiger partial charge in [0.2, 0.25) is 11.8 Å². The Morgan fingerprint density at radius 2 is 1.86 bits per heavy atom. The number of piperazine rings is 1. The van der Waals surface area contributed by atoms with Crippen LogP contribution < -0.4 is 10.6 Å². The van der Waals surface area contributed by atoms with E-state index in [-0.39, 0.29) is 18.4 Å². The molecule has 2 rings (SSSR count). The Balaban J connectivity index is 2.20. The molecule has 2 amide bonds. The monoisotopic (exact) mass is 190 g/mol. The van der Waals surface area contributed by atoms with Crippen molar-refractivity contribution in [2.75, 3.05) is 6.54 Å². The average Bonchev–Trinajstić information content (AvgIpc) is 2.19. The molecule has 1 saturated heterocycles. The first-order chi connectivity index (χ1) is 6.77. The summed E-state index contributed by atoms with van der Waals surface area (Å²) in [4.78, 5) is 22.3. The van der Waals surface area contributed by atoms with Crippen LogP contribution in [0.25, 0.3) is 0 Å². The number of hydrogen-bond donors (Lipinski definition) is 2. The highest BCUT2D eigenvalue weighted by molar-refractivity contribution is 6.01. The predicted molar refractivity (Wildman–Crippen MR) is 50.3 cm³/mol. The Morgan fingerprint density at radius 3 is 2.50 bits per heavy atom. The van der Waals surface area contributed by atoms with E-state index >= 15 is 0 Å². The Labute approximate surface area is 81.3 Å². The second-order valence-electron chi connectivity index (χ2n) is 3.14. The van der Waals surface area contributed by atoms with Gasteiger partial charge < -0.3 is 0 Å². The maximum atomic E-state index is 11.4. The number of carbonyl (C=O) groups is 2. The van der Waals surface area contributed by atoms with E-state index in [1.165, 1.54) is 0 Å². The summed E-state index contributed by atoms with van der Waals surface area (Å²) >= 11 is 0. The molecule has 72 valence electrons. The molecule has 1 heterocycles. The topological polar surface area (TPSA) is 58.2 Å². The molecule has 14 heavy (non-hydrogen) atoms. The Morgan fingerprint density at radius 1 is 1.14 bits per heavy atom. The summed E-state index contributed by atoms with van der Waals surface area (Å²) < 4.78 is 0. The number of nitrogens with one attached hydrogen (secondary N) is 2. The number of amides is 2. The van der Waals surface area contributed by atoms with Gasteiger partial charge in [-0.2, -0.15) is 0 Å². The van der Waals surface area contributed by atoms with Gasteiger partial charge in [-0.1, -0.05) is 30.3 Å². The number of hydrogen-bond acceptors (Lipinski definition) is 3. The minimum absolute atomic E-state index is 0.186. The van der Waals surface area contributed by atoms with E-state index in [0.29, 0.717) is 0 Å². The molecular formula is C10H10N2O2. The number of rotatable bonds is 1. The molecule has 1 unspecified atom stereocenters. The second-order valence-corrected chi connectivity index (χ2v) is 3.14. The molecule has 1 atom stereocenters. The van der Waals surface area contributed by atoms with Gasteiger partial charge in [-0.3, -0.25) is 20.2 Å². The van der Waals surface area contributed by atoms with Crippen LogP contribution in [-0.4, -0.2) is 18.4 Å². The third kappa shape index (κ3) is 1.65. The van der Waals surface area contributed by atoms with Crippen LogP contribution in [0.2, 0.25) is 0 Å². The van der Waals surface area contributed by atoms with Crippen molar-refractivity contribution in [1.82, 2.24) is 10.6 Å². The van der Waals surface area contributed by atoms with Crippen molar-refractivity contribution in [2.24, 2.45) is 0 Å². The van der Waals surface area contributed by atoms with Gasteiger partial charge in [0.25, 0.3) is 0 Å². The maximum Gasteiger partial charge on any atom is 0.248 e. The van der Waals surface area contributed by atoms with Crippen molar-refractivity contribution in [1.29, 1.82) is 0 Å². The highest BCUT2D eigenvalue weighted by Gasteiger charge is 2.26. The van der Waals surface area contributed by atoms with Gasteiger partial charge >= 0.3 is 0 Å². The molecule has 0 radical (unpaired) electrons. The van der Waals surface area contributed by atoms with Crippen LogP contribution in [0, 0.1) is 0 Å². The lowest BCUT2D eigenvalue weighted by Gasteiger charge is -2.22. The van der Waals surface area contributed by atoms with Crippen LogP contribution in [0.1, 0.15) is 11.6 Å². The summed E-state index contributed by atoms with van der Waals surface area (Å²) in [5.74, 6) is -0.561. The van der Waals surface area contributed by atoms with Crippen LogP contribution in [-0.2, 0) is 9.59 Å². The van der Waals surface area contributed by atoms with Gasteiger partial charge in [0.1, 0.15) is 6.04 Å². The average molecular weight is 190 g/mol. The molecule has 4 nitrogen and oxygen atoms in total. The van der Waals surface area contributed by atoms with Crippen LogP contribution in [0.5, 0.6) is 0 Å². The molecule has 1 aromatic carbocycles. The first-order valence-electron chi connectivity index (χ1n) is 4.39. The van der Waals surface area contributed by atoms with Crippen LogP contribution in [0.3, 0.4) is 0 Å². The van der Waals surface area contributed by atoms with E-state index < -0.39 is 6.04 Å². The summed E-state index contributed by atoms with van der Waals surface area (Å²) in [5, 5.41) is 5.16. The standard InChI is InChI=1S/C10H10N2O2/c13-8-6-11-9(10(14)12-8)7-4-2-1-3-5-7/h1-5,9,11H,6H2,(H,12,13,14). The van der Waals surface area contributed by atoms with Crippen molar-refractivity contribution in [2.45, 2.75) is 6.04 Å². The molecule has 4 heteroatoms. The molecule has 0 spiro atoms. The van der Waals surface area contributed by atoms with Gasteiger partial charge in [-0.05, 0) is 5.56 Å². The molecule has 1 aromatic rings. The smallest absolute Gasteiger partial charge is 0.248 e. The van der Waals surface area contributed by atoms with E-state index in [9.17, 15) is 9.59 Å². The summed E-state index contributed by atoms with van der Waals surface area (Å²) in [5.41, 5.74) is 0.873. The molecular weight excluding hydrogens is 180 g/mol. The Bertz CT molecular complexity index is 362. The number of carbonyl (C=O) groups excluding carboxylic acids is 2. The summed E-state index contributed by atoms with van der Waals surface area (Å²) in [7, 11) is 0. The van der Waals surface area contributed by atoms with Gasteiger partial charge in [0, 0.05) is 0 Å². The Kier molecular flexibility index (Phi) is 2.28. The van der Waals surface area contributed by atoms with Crippen molar-refractivity contribution < 1.29 is 9.59 Å². The minimum atomic E-state index is -0.408.